The minimum atomic E-state index is -3.04. The second-order valence-corrected chi connectivity index (χ2v) is 3.80. The quantitative estimate of drug-likeness (QED) is 0.885. The maximum atomic E-state index is 12.2. The number of rotatable bonds is 5. The van der Waals surface area contributed by atoms with Crippen molar-refractivity contribution in [2.45, 2.75) is 6.61 Å². The number of anilines is 1. The first-order valence-corrected chi connectivity index (χ1v) is 5.65. The number of alkyl halides is 2. The van der Waals surface area contributed by atoms with Gasteiger partial charge in [-0.3, -0.25) is 4.79 Å². The molecule has 8 heteroatoms. The smallest absolute Gasteiger partial charge is 0.387 e. The van der Waals surface area contributed by atoms with Crippen LogP contribution in [0, 0.1) is 0 Å². The van der Waals surface area contributed by atoms with Gasteiger partial charge in [0.2, 0.25) is 5.76 Å². The Bertz CT molecular complexity index is 668. The lowest BCUT2D eigenvalue weighted by molar-refractivity contribution is -0.0493. The molecule has 2 rings (SSSR count). The molecule has 0 aliphatic carbocycles. The first kappa shape index (κ1) is 14.5. The minimum Gasteiger partial charge on any atom is -0.475 e. The van der Waals surface area contributed by atoms with Gasteiger partial charge in [0.05, 0.1) is 5.69 Å². The van der Waals surface area contributed by atoms with Crippen LogP contribution in [0.4, 0.5) is 14.5 Å². The normalized spacial score (nSPS) is 10.4. The molecule has 0 saturated carbocycles. The number of carbonyl (C=O) groups is 2. The SMILES string of the molecule is O=C(O)c1ccc(C(=O)Nc2ccccc2OC(F)F)o1. The molecule has 0 spiro atoms. The first-order chi connectivity index (χ1) is 9.97. The number of carboxylic acid groups (broad SMARTS) is 1. The fourth-order valence-corrected chi connectivity index (χ4v) is 1.53. The summed E-state index contributed by atoms with van der Waals surface area (Å²) in [4.78, 5) is 22.5. The van der Waals surface area contributed by atoms with Gasteiger partial charge in [-0.2, -0.15) is 8.78 Å². The standard InChI is InChI=1S/C13H9F2NO5/c14-13(15)21-8-4-2-1-3-7(8)16-11(17)9-5-6-10(20-9)12(18)19/h1-6,13H,(H,16,17)(H,18,19). The summed E-state index contributed by atoms with van der Waals surface area (Å²) in [6.07, 6.45) is 0. The summed E-state index contributed by atoms with van der Waals surface area (Å²) < 4.78 is 33.5. The van der Waals surface area contributed by atoms with Crippen LogP contribution in [0.2, 0.25) is 0 Å². The van der Waals surface area contributed by atoms with Crippen LogP contribution in [-0.2, 0) is 0 Å². The second-order valence-electron chi connectivity index (χ2n) is 3.80. The molecule has 1 aromatic heterocycles. The van der Waals surface area contributed by atoms with E-state index in [2.05, 4.69) is 10.1 Å². The van der Waals surface area contributed by atoms with Crippen molar-refractivity contribution in [1.82, 2.24) is 0 Å². The number of furan rings is 1. The van der Waals surface area contributed by atoms with Gasteiger partial charge < -0.3 is 19.6 Å². The van der Waals surface area contributed by atoms with Crippen molar-refractivity contribution in [3.05, 3.63) is 47.9 Å². The summed E-state index contributed by atoms with van der Waals surface area (Å²) in [5.74, 6) is -2.99. The molecule has 1 amide bonds. The summed E-state index contributed by atoms with van der Waals surface area (Å²) >= 11 is 0. The summed E-state index contributed by atoms with van der Waals surface area (Å²) in [5.41, 5.74) is 0.0103. The van der Waals surface area contributed by atoms with Crippen molar-refractivity contribution in [3.8, 4) is 5.75 Å². The lowest BCUT2D eigenvalue weighted by Crippen LogP contribution is -2.13. The Labute approximate surface area is 116 Å². The highest BCUT2D eigenvalue weighted by Gasteiger charge is 2.17. The maximum Gasteiger partial charge on any atom is 0.387 e. The van der Waals surface area contributed by atoms with Gasteiger partial charge in [0.25, 0.3) is 5.91 Å². The first-order valence-electron chi connectivity index (χ1n) is 5.65. The number of benzene rings is 1. The van der Waals surface area contributed by atoms with Crippen molar-refractivity contribution in [1.29, 1.82) is 0 Å². The predicted molar refractivity (Wildman–Crippen MR) is 66.7 cm³/mol. The Morgan fingerprint density at radius 2 is 1.81 bits per heavy atom. The molecule has 2 aromatic rings. The van der Waals surface area contributed by atoms with Crippen LogP contribution >= 0.6 is 0 Å². The van der Waals surface area contributed by atoms with E-state index in [4.69, 9.17) is 9.52 Å². The largest absolute Gasteiger partial charge is 0.475 e. The summed E-state index contributed by atoms with van der Waals surface area (Å²) in [6, 6.07) is 7.86. The van der Waals surface area contributed by atoms with Crippen molar-refractivity contribution in [2.24, 2.45) is 0 Å². The van der Waals surface area contributed by atoms with Gasteiger partial charge in [0.1, 0.15) is 5.75 Å². The maximum absolute atomic E-state index is 12.2. The molecule has 0 atom stereocenters. The van der Waals surface area contributed by atoms with Gasteiger partial charge >= 0.3 is 12.6 Å². The third-order valence-electron chi connectivity index (χ3n) is 2.39. The molecule has 0 bridgehead atoms. The summed E-state index contributed by atoms with van der Waals surface area (Å²) in [5, 5.41) is 11.0. The summed E-state index contributed by atoms with van der Waals surface area (Å²) in [6.45, 7) is -3.04. The lowest BCUT2D eigenvalue weighted by atomic mass is 10.3. The van der Waals surface area contributed by atoms with E-state index in [0.29, 0.717) is 0 Å². The minimum absolute atomic E-state index is 0.0103. The predicted octanol–water partition coefficient (Wildman–Crippen LogP) is 2.83. The molecule has 2 N–H and O–H groups in total. The number of ether oxygens (including phenoxy) is 1. The Balaban J connectivity index is 2.17. The second kappa shape index (κ2) is 6.04. The van der Waals surface area contributed by atoms with E-state index < -0.39 is 24.2 Å². The molecule has 0 unspecified atom stereocenters. The molecular weight excluding hydrogens is 288 g/mol. The molecule has 0 aliphatic rings. The Morgan fingerprint density at radius 3 is 2.43 bits per heavy atom. The number of carboxylic acids is 1. The highest BCUT2D eigenvalue weighted by Crippen LogP contribution is 2.26. The van der Waals surface area contributed by atoms with E-state index >= 15 is 0 Å². The van der Waals surface area contributed by atoms with E-state index in [0.717, 1.165) is 12.1 Å². The number of hydrogen-bond donors (Lipinski definition) is 2. The molecule has 6 nitrogen and oxygen atoms in total. The van der Waals surface area contributed by atoms with Crippen molar-refractivity contribution in [3.63, 3.8) is 0 Å². The van der Waals surface area contributed by atoms with Gasteiger partial charge in [-0.15, -0.1) is 0 Å². The van der Waals surface area contributed by atoms with E-state index in [1.807, 2.05) is 0 Å². The van der Waals surface area contributed by atoms with E-state index in [1.54, 1.807) is 0 Å². The van der Waals surface area contributed by atoms with E-state index in [-0.39, 0.29) is 17.2 Å². The van der Waals surface area contributed by atoms with Crippen LogP contribution < -0.4 is 10.1 Å². The molecule has 0 fully saturated rings. The Morgan fingerprint density at radius 1 is 1.14 bits per heavy atom. The van der Waals surface area contributed by atoms with Gasteiger partial charge in [-0.05, 0) is 24.3 Å². The fourth-order valence-electron chi connectivity index (χ4n) is 1.53. The Hall–Kier alpha value is -2.90. The van der Waals surface area contributed by atoms with Crippen LogP contribution in [0.5, 0.6) is 5.75 Å². The number of hydrogen-bond acceptors (Lipinski definition) is 4. The number of para-hydroxylation sites is 2. The zero-order chi connectivity index (χ0) is 15.4. The van der Waals surface area contributed by atoms with Crippen molar-refractivity contribution in [2.75, 3.05) is 5.32 Å². The van der Waals surface area contributed by atoms with Gasteiger partial charge in [0, 0.05) is 0 Å². The Kier molecular flexibility index (Phi) is 4.17. The third-order valence-corrected chi connectivity index (χ3v) is 2.39. The van der Waals surface area contributed by atoms with Crippen molar-refractivity contribution >= 4 is 17.6 Å². The topological polar surface area (TPSA) is 88.8 Å². The number of carbonyl (C=O) groups excluding carboxylic acids is 1. The number of aromatic carboxylic acids is 1. The average Bonchev–Trinajstić information content (AvgIpc) is 2.90. The summed E-state index contributed by atoms with van der Waals surface area (Å²) in [7, 11) is 0. The molecule has 1 heterocycles. The van der Waals surface area contributed by atoms with Crippen LogP contribution in [-0.4, -0.2) is 23.6 Å². The number of halogens is 2. The average molecular weight is 297 g/mol. The molecule has 1 aromatic carbocycles. The third kappa shape index (κ3) is 3.56. The molecule has 0 aliphatic heterocycles. The van der Waals surface area contributed by atoms with Crippen LogP contribution in [0.25, 0.3) is 0 Å². The highest BCUT2D eigenvalue weighted by molar-refractivity contribution is 6.03. The van der Waals surface area contributed by atoms with Crippen LogP contribution in [0.3, 0.4) is 0 Å². The molecule has 0 radical (unpaired) electrons. The molecule has 21 heavy (non-hydrogen) atoms. The van der Waals surface area contributed by atoms with Gasteiger partial charge in [-0.25, -0.2) is 4.79 Å². The highest BCUT2D eigenvalue weighted by atomic mass is 19.3. The lowest BCUT2D eigenvalue weighted by Gasteiger charge is -2.10. The molecule has 110 valence electrons. The van der Waals surface area contributed by atoms with E-state index in [9.17, 15) is 18.4 Å². The van der Waals surface area contributed by atoms with E-state index in [1.165, 1.54) is 24.3 Å². The van der Waals surface area contributed by atoms with Crippen LogP contribution in [0.1, 0.15) is 21.1 Å². The zero-order valence-electron chi connectivity index (χ0n) is 10.4. The fraction of sp³-hybridized carbons (Fsp3) is 0.0769. The monoisotopic (exact) mass is 297 g/mol. The number of amides is 1. The van der Waals surface area contributed by atoms with Crippen LogP contribution in [0.15, 0.2) is 40.8 Å². The molecule has 0 saturated heterocycles. The zero-order valence-corrected chi connectivity index (χ0v) is 10.4. The van der Waals surface area contributed by atoms with Crippen molar-refractivity contribution < 1.29 is 32.6 Å². The van der Waals surface area contributed by atoms with Gasteiger partial charge in [-0.1, -0.05) is 12.1 Å². The molecular formula is C13H9F2NO5. The van der Waals surface area contributed by atoms with Gasteiger partial charge in [0.15, 0.2) is 5.76 Å². The number of nitrogens with one attached hydrogen (secondary N) is 1.